The molecule has 6 heteroatoms. The van der Waals surface area contributed by atoms with Crippen LogP contribution in [0.25, 0.3) is 11.0 Å². The zero-order valence-corrected chi connectivity index (χ0v) is 19.7. The number of nitrogens with zero attached hydrogens (tertiary/aromatic N) is 2. The number of hydrogen-bond acceptors (Lipinski definition) is 3. The number of fused-ring (bicyclic) bond motifs is 1. The van der Waals surface area contributed by atoms with Crippen molar-refractivity contribution < 1.29 is 9.53 Å². The van der Waals surface area contributed by atoms with Crippen LogP contribution in [-0.4, -0.2) is 28.6 Å². The van der Waals surface area contributed by atoms with Crippen molar-refractivity contribution >= 4 is 28.5 Å². The Morgan fingerprint density at radius 1 is 1.00 bits per heavy atom. The molecule has 0 atom stereocenters. The molecule has 3 aromatic carbocycles. The highest BCUT2D eigenvalue weighted by molar-refractivity contribution is 6.33. The lowest BCUT2D eigenvalue weighted by atomic mass is 10.1. The zero-order chi connectivity index (χ0) is 23.2. The Hall–Kier alpha value is -3.31. The van der Waals surface area contributed by atoms with Crippen LogP contribution in [0.2, 0.25) is 5.02 Å². The highest BCUT2D eigenvalue weighted by Gasteiger charge is 2.13. The van der Waals surface area contributed by atoms with E-state index >= 15 is 0 Å². The minimum absolute atomic E-state index is 0.176. The van der Waals surface area contributed by atoms with Gasteiger partial charge in [-0.25, -0.2) is 4.98 Å². The van der Waals surface area contributed by atoms with E-state index in [1.54, 1.807) is 18.2 Å². The third kappa shape index (κ3) is 5.37. The Morgan fingerprint density at radius 3 is 2.52 bits per heavy atom. The Balaban J connectivity index is 1.40. The van der Waals surface area contributed by atoms with Gasteiger partial charge in [0.1, 0.15) is 11.6 Å². The Kier molecular flexibility index (Phi) is 7.30. The van der Waals surface area contributed by atoms with E-state index in [0.717, 1.165) is 46.7 Å². The summed E-state index contributed by atoms with van der Waals surface area (Å²) < 4.78 is 8.31. The Bertz CT molecular complexity index is 1250. The Labute approximate surface area is 199 Å². The number of benzene rings is 3. The van der Waals surface area contributed by atoms with Crippen LogP contribution < -0.4 is 10.1 Å². The number of ether oxygens (including phenoxy) is 1. The summed E-state index contributed by atoms with van der Waals surface area (Å²) in [6.45, 7) is 6.04. The first-order chi connectivity index (χ1) is 16.0. The molecule has 0 fully saturated rings. The van der Waals surface area contributed by atoms with Gasteiger partial charge < -0.3 is 14.6 Å². The van der Waals surface area contributed by atoms with E-state index < -0.39 is 0 Å². The molecular weight excluding hydrogens is 434 g/mol. The first-order valence-corrected chi connectivity index (χ1v) is 11.6. The van der Waals surface area contributed by atoms with E-state index in [0.29, 0.717) is 30.2 Å². The number of aryl methyl sites for hydroxylation is 3. The second kappa shape index (κ2) is 10.5. The lowest BCUT2D eigenvalue weighted by molar-refractivity contribution is 0.0954. The fraction of sp³-hybridized carbons (Fsp3) is 0.259. The quantitative estimate of drug-likeness (QED) is 0.323. The number of aromatic nitrogens is 2. The molecule has 0 spiro atoms. The van der Waals surface area contributed by atoms with Crippen LogP contribution in [0.15, 0.2) is 66.7 Å². The number of hydrogen-bond donors (Lipinski definition) is 1. The van der Waals surface area contributed by atoms with E-state index in [1.165, 1.54) is 0 Å². The summed E-state index contributed by atoms with van der Waals surface area (Å²) in [5.41, 5.74) is 4.84. The first-order valence-electron chi connectivity index (χ1n) is 11.2. The van der Waals surface area contributed by atoms with Crippen LogP contribution in [0.5, 0.6) is 5.75 Å². The summed E-state index contributed by atoms with van der Waals surface area (Å²) in [6, 6.07) is 21.4. The lowest BCUT2D eigenvalue weighted by Gasteiger charge is -2.13. The topological polar surface area (TPSA) is 56.1 Å². The predicted molar refractivity (Wildman–Crippen MR) is 133 cm³/mol. The van der Waals surface area contributed by atoms with Crippen molar-refractivity contribution in [1.29, 1.82) is 0 Å². The number of carbonyl (C=O) groups excluding carboxylic acids is 1. The van der Waals surface area contributed by atoms with E-state index in [1.807, 2.05) is 30.3 Å². The van der Waals surface area contributed by atoms with Crippen LogP contribution in [-0.2, 0) is 13.0 Å². The van der Waals surface area contributed by atoms with Crippen molar-refractivity contribution in [2.24, 2.45) is 0 Å². The maximum absolute atomic E-state index is 12.5. The molecule has 170 valence electrons. The van der Waals surface area contributed by atoms with Gasteiger partial charge in [0, 0.05) is 19.5 Å². The van der Waals surface area contributed by atoms with Crippen molar-refractivity contribution in [2.75, 3.05) is 13.2 Å². The number of para-hydroxylation sites is 3. The molecule has 0 aliphatic carbocycles. The molecule has 1 heterocycles. The van der Waals surface area contributed by atoms with Crippen LogP contribution in [0.3, 0.4) is 0 Å². The number of imidazole rings is 1. The third-order valence-electron chi connectivity index (χ3n) is 5.67. The van der Waals surface area contributed by atoms with E-state index in [4.69, 9.17) is 21.3 Å². The summed E-state index contributed by atoms with van der Waals surface area (Å²) in [5, 5.41) is 3.41. The average Bonchev–Trinajstić information content (AvgIpc) is 3.16. The SMILES string of the molecule is Cc1cccc(C)c1OCCCn1c(CCNC(=O)c2ccccc2Cl)nc2ccccc21. The molecule has 0 aliphatic heterocycles. The second-order valence-electron chi connectivity index (χ2n) is 8.08. The number of amides is 1. The molecule has 0 aliphatic rings. The Morgan fingerprint density at radius 2 is 1.73 bits per heavy atom. The molecule has 1 N–H and O–H groups in total. The normalized spacial score (nSPS) is 11.0. The first kappa shape index (κ1) is 22.9. The largest absolute Gasteiger partial charge is 0.493 e. The molecule has 0 unspecified atom stereocenters. The van der Waals surface area contributed by atoms with Gasteiger partial charge in [-0.3, -0.25) is 4.79 Å². The minimum Gasteiger partial charge on any atom is -0.493 e. The van der Waals surface area contributed by atoms with Crippen LogP contribution in [0, 0.1) is 13.8 Å². The molecule has 1 amide bonds. The van der Waals surface area contributed by atoms with Gasteiger partial charge in [0.15, 0.2) is 0 Å². The van der Waals surface area contributed by atoms with Gasteiger partial charge in [-0.2, -0.15) is 0 Å². The highest BCUT2D eigenvalue weighted by Crippen LogP contribution is 2.23. The van der Waals surface area contributed by atoms with Crippen molar-refractivity contribution in [1.82, 2.24) is 14.9 Å². The summed E-state index contributed by atoms with van der Waals surface area (Å²) in [7, 11) is 0. The van der Waals surface area contributed by atoms with Gasteiger partial charge in [-0.05, 0) is 55.7 Å². The smallest absolute Gasteiger partial charge is 0.252 e. The molecular formula is C27H28ClN3O2. The van der Waals surface area contributed by atoms with Crippen LogP contribution in [0.4, 0.5) is 0 Å². The predicted octanol–water partition coefficient (Wildman–Crippen LogP) is 5.75. The van der Waals surface area contributed by atoms with Crippen molar-refractivity contribution in [2.45, 2.75) is 33.2 Å². The minimum atomic E-state index is -0.176. The van der Waals surface area contributed by atoms with E-state index in [9.17, 15) is 4.79 Å². The number of halogens is 1. The fourth-order valence-electron chi connectivity index (χ4n) is 4.02. The van der Waals surface area contributed by atoms with Gasteiger partial charge >= 0.3 is 0 Å². The van der Waals surface area contributed by atoms with Gasteiger partial charge in [0.2, 0.25) is 0 Å². The zero-order valence-electron chi connectivity index (χ0n) is 19.0. The van der Waals surface area contributed by atoms with Crippen LogP contribution >= 0.6 is 11.6 Å². The second-order valence-corrected chi connectivity index (χ2v) is 8.48. The molecule has 4 aromatic rings. The summed E-state index contributed by atoms with van der Waals surface area (Å²) in [4.78, 5) is 17.3. The maximum atomic E-state index is 12.5. The van der Waals surface area contributed by atoms with Gasteiger partial charge in [-0.15, -0.1) is 0 Å². The lowest BCUT2D eigenvalue weighted by Crippen LogP contribution is -2.26. The number of nitrogens with one attached hydrogen (secondary N) is 1. The molecule has 33 heavy (non-hydrogen) atoms. The molecule has 0 saturated heterocycles. The number of carbonyl (C=O) groups is 1. The number of rotatable bonds is 9. The highest BCUT2D eigenvalue weighted by atomic mass is 35.5. The molecule has 1 aromatic heterocycles. The van der Waals surface area contributed by atoms with Crippen LogP contribution in [0.1, 0.15) is 33.7 Å². The van der Waals surface area contributed by atoms with E-state index in [2.05, 4.69) is 41.9 Å². The average molecular weight is 462 g/mol. The van der Waals surface area contributed by atoms with E-state index in [-0.39, 0.29) is 5.91 Å². The molecule has 5 nitrogen and oxygen atoms in total. The standard InChI is InChI=1S/C27H28ClN3O2/c1-19-9-7-10-20(2)26(19)33-18-8-17-31-24-14-6-5-13-23(24)30-25(31)15-16-29-27(32)21-11-3-4-12-22(21)28/h3-7,9-14H,8,15-18H2,1-2H3,(H,29,32). The monoisotopic (exact) mass is 461 g/mol. The summed E-state index contributed by atoms with van der Waals surface area (Å²) >= 11 is 6.14. The van der Waals surface area contributed by atoms with Gasteiger partial charge in [0.25, 0.3) is 5.91 Å². The van der Waals surface area contributed by atoms with Gasteiger partial charge in [-0.1, -0.05) is 54.1 Å². The summed E-state index contributed by atoms with van der Waals surface area (Å²) in [5.74, 6) is 1.74. The molecule has 4 rings (SSSR count). The maximum Gasteiger partial charge on any atom is 0.252 e. The molecule has 0 bridgehead atoms. The van der Waals surface area contributed by atoms with Crippen molar-refractivity contribution in [3.05, 3.63) is 94.3 Å². The third-order valence-corrected chi connectivity index (χ3v) is 6.00. The fourth-order valence-corrected chi connectivity index (χ4v) is 4.24. The molecule has 0 saturated carbocycles. The summed E-state index contributed by atoms with van der Waals surface area (Å²) in [6.07, 6.45) is 1.48. The van der Waals surface area contributed by atoms with Crippen molar-refractivity contribution in [3.63, 3.8) is 0 Å². The molecule has 0 radical (unpaired) electrons. The van der Waals surface area contributed by atoms with Gasteiger partial charge in [0.05, 0.1) is 28.2 Å². The van der Waals surface area contributed by atoms with Crippen molar-refractivity contribution in [3.8, 4) is 5.75 Å².